The van der Waals surface area contributed by atoms with Gasteiger partial charge in [-0.15, -0.1) is 0 Å². The maximum absolute atomic E-state index is 12.5. The number of benzene rings is 1. The van der Waals surface area contributed by atoms with Crippen LogP contribution in [0.25, 0.3) is 0 Å². The lowest BCUT2D eigenvalue weighted by atomic mass is 9.92. The molecular formula is C18H30N4O3S. The number of hydrogen-bond acceptors (Lipinski definition) is 3. The van der Waals surface area contributed by atoms with E-state index in [0.717, 1.165) is 10.7 Å². The Hall–Kier alpha value is -1.64. The molecule has 1 heterocycles. The Labute approximate surface area is 156 Å². The maximum atomic E-state index is 12.5. The first-order chi connectivity index (χ1) is 12.2. The van der Waals surface area contributed by atoms with Gasteiger partial charge in [-0.25, -0.2) is 4.79 Å². The topological polar surface area (TPSA) is 81.8 Å². The molecular weight excluding hydrogens is 352 g/mol. The van der Waals surface area contributed by atoms with Crippen LogP contribution in [-0.4, -0.2) is 63.4 Å². The van der Waals surface area contributed by atoms with Crippen molar-refractivity contribution >= 4 is 16.2 Å². The first-order valence-electron chi connectivity index (χ1n) is 8.97. The van der Waals surface area contributed by atoms with E-state index in [1.165, 1.54) is 19.7 Å². The second kappa shape index (κ2) is 8.83. The Morgan fingerprint density at radius 3 is 2.46 bits per heavy atom. The molecule has 1 aliphatic heterocycles. The molecule has 1 aromatic carbocycles. The highest BCUT2D eigenvalue weighted by Crippen LogP contribution is 2.25. The van der Waals surface area contributed by atoms with Crippen LogP contribution in [0.2, 0.25) is 0 Å². The quantitative estimate of drug-likeness (QED) is 0.746. The molecule has 0 bridgehead atoms. The van der Waals surface area contributed by atoms with E-state index in [1.807, 2.05) is 30.3 Å². The molecule has 1 fully saturated rings. The van der Waals surface area contributed by atoms with Gasteiger partial charge < -0.3 is 10.2 Å². The largest absolute Gasteiger partial charge is 0.338 e. The lowest BCUT2D eigenvalue weighted by Crippen LogP contribution is -2.47. The number of likely N-dealkylation sites (tertiary alicyclic amines) is 1. The first kappa shape index (κ1) is 20.7. The van der Waals surface area contributed by atoms with E-state index in [2.05, 4.69) is 23.9 Å². The van der Waals surface area contributed by atoms with Crippen molar-refractivity contribution < 1.29 is 13.2 Å². The minimum Gasteiger partial charge on any atom is -0.338 e. The van der Waals surface area contributed by atoms with Crippen LogP contribution in [0.3, 0.4) is 0 Å². The number of carbonyl (C=O) groups excluding carboxylic acids is 1. The third-order valence-electron chi connectivity index (χ3n) is 4.82. The van der Waals surface area contributed by atoms with Crippen LogP contribution in [0.4, 0.5) is 4.79 Å². The van der Waals surface area contributed by atoms with Crippen LogP contribution in [-0.2, 0) is 16.6 Å². The van der Waals surface area contributed by atoms with Crippen LogP contribution in [0, 0.1) is 11.8 Å². The van der Waals surface area contributed by atoms with Gasteiger partial charge in [0.25, 0.3) is 10.2 Å². The Bertz CT molecular complexity index is 692. The zero-order chi connectivity index (χ0) is 19.3. The number of amides is 2. The number of carbonyl (C=O) groups is 1. The Kier molecular flexibility index (Phi) is 7.02. The molecule has 26 heavy (non-hydrogen) atoms. The number of nitrogens with one attached hydrogen (secondary N) is 2. The summed E-state index contributed by atoms with van der Waals surface area (Å²) in [5.74, 6) is 0.358. The average Bonchev–Trinajstić information content (AvgIpc) is 2.99. The maximum Gasteiger partial charge on any atom is 0.317 e. The summed E-state index contributed by atoms with van der Waals surface area (Å²) in [4.78, 5) is 14.2. The van der Waals surface area contributed by atoms with Gasteiger partial charge in [0.05, 0.1) is 0 Å². The third-order valence-corrected chi connectivity index (χ3v) is 6.38. The Morgan fingerprint density at radius 1 is 1.23 bits per heavy atom. The van der Waals surface area contributed by atoms with E-state index >= 15 is 0 Å². The van der Waals surface area contributed by atoms with E-state index in [9.17, 15) is 13.2 Å². The summed E-state index contributed by atoms with van der Waals surface area (Å²) in [7, 11) is -0.534. The zero-order valence-corrected chi connectivity index (χ0v) is 16.8. The van der Waals surface area contributed by atoms with E-state index in [4.69, 9.17) is 0 Å². The van der Waals surface area contributed by atoms with Crippen molar-refractivity contribution in [2.24, 2.45) is 11.8 Å². The molecule has 0 aromatic heterocycles. The second-order valence-corrected chi connectivity index (χ2v) is 9.21. The lowest BCUT2D eigenvalue weighted by molar-refractivity contribution is 0.205. The van der Waals surface area contributed by atoms with Crippen LogP contribution in [0.5, 0.6) is 0 Å². The molecule has 2 rings (SSSR count). The van der Waals surface area contributed by atoms with Crippen molar-refractivity contribution in [2.75, 3.05) is 33.7 Å². The minimum absolute atomic E-state index is 0.0876. The fraction of sp³-hybridized carbons (Fsp3) is 0.611. The summed E-state index contributed by atoms with van der Waals surface area (Å²) >= 11 is 0. The van der Waals surface area contributed by atoms with Gasteiger partial charge in [0.2, 0.25) is 0 Å². The lowest BCUT2D eigenvalue weighted by Gasteiger charge is -2.24. The van der Waals surface area contributed by atoms with Gasteiger partial charge in [-0.3, -0.25) is 0 Å². The highest BCUT2D eigenvalue weighted by atomic mass is 32.2. The molecule has 0 saturated carbocycles. The highest BCUT2D eigenvalue weighted by Gasteiger charge is 2.39. The summed E-state index contributed by atoms with van der Waals surface area (Å²) in [5, 5.41) is 2.94. The van der Waals surface area contributed by atoms with Gasteiger partial charge in [0.15, 0.2) is 0 Å². The molecule has 1 aliphatic rings. The minimum atomic E-state index is -3.53. The van der Waals surface area contributed by atoms with Crippen molar-refractivity contribution in [2.45, 2.75) is 26.3 Å². The summed E-state index contributed by atoms with van der Waals surface area (Å²) in [6.45, 7) is 5.60. The third kappa shape index (κ3) is 5.43. The van der Waals surface area contributed by atoms with Gasteiger partial charge in [-0.1, -0.05) is 44.2 Å². The smallest absolute Gasteiger partial charge is 0.317 e. The van der Waals surface area contributed by atoms with Gasteiger partial charge in [0.1, 0.15) is 0 Å². The van der Waals surface area contributed by atoms with Crippen molar-refractivity contribution in [3.63, 3.8) is 0 Å². The standard InChI is InChI=1S/C18H30N4O3S/c1-14(2)16-12-22(13-17(16)20-26(24,25)21(3)4)18(23)19-11-10-15-8-6-5-7-9-15/h5-9,14,16-17,20H,10-13H2,1-4H3,(H,19,23)/t16-,17+/m0/s1. The number of nitrogens with zero attached hydrogens (tertiary/aromatic N) is 2. The SMILES string of the molecule is CC(C)[C@@H]1CN(C(=O)NCCc2ccccc2)C[C@H]1NS(=O)(=O)N(C)C. The summed E-state index contributed by atoms with van der Waals surface area (Å²) in [6.07, 6.45) is 0.769. The van der Waals surface area contributed by atoms with E-state index in [1.54, 1.807) is 4.90 Å². The van der Waals surface area contributed by atoms with Crippen molar-refractivity contribution in [1.82, 2.24) is 19.2 Å². The first-order valence-corrected chi connectivity index (χ1v) is 10.4. The monoisotopic (exact) mass is 382 g/mol. The van der Waals surface area contributed by atoms with Crippen molar-refractivity contribution in [3.05, 3.63) is 35.9 Å². The molecule has 0 unspecified atom stereocenters. The van der Waals surface area contributed by atoms with Crippen LogP contribution in [0.1, 0.15) is 19.4 Å². The fourth-order valence-electron chi connectivity index (χ4n) is 3.16. The molecule has 1 saturated heterocycles. The van der Waals surface area contributed by atoms with E-state index < -0.39 is 10.2 Å². The van der Waals surface area contributed by atoms with Gasteiger partial charge in [-0.05, 0) is 23.8 Å². The van der Waals surface area contributed by atoms with Crippen molar-refractivity contribution in [1.29, 1.82) is 0 Å². The summed E-state index contributed by atoms with van der Waals surface area (Å²) in [6, 6.07) is 9.57. The average molecular weight is 383 g/mol. The van der Waals surface area contributed by atoms with Gasteiger partial charge in [-0.2, -0.15) is 17.4 Å². The molecule has 1 aromatic rings. The van der Waals surface area contributed by atoms with Gasteiger partial charge >= 0.3 is 6.03 Å². The molecule has 2 atom stereocenters. The van der Waals surface area contributed by atoms with E-state index in [-0.39, 0.29) is 23.9 Å². The van der Waals surface area contributed by atoms with Crippen LogP contribution in [0.15, 0.2) is 30.3 Å². The number of hydrogen-bond donors (Lipinski definition) is 2. The number of urea groups is 1. The zero-order valence-electron chi connectivity index (χ0n) is 16.0. The predicted molar refractivity (Wildman–Crippen MR) is 103 cm³/mol. The highest BCUT2D eigenvalue weighted by molar-refractivity contribution is 7.87. The Morgan fingerprint density at radius 2 is 1.88 bits per heavy atom. The predicted octanol–water partition coefficient (Wildman–Crippen LogP) is 1.29. The molecule has 2 N–H and O–H groups in total. The fourth-order valence-corrected chi connectivity index (χ4v) is 4.00. The second-order valence-electron chi connectivity index (χ2n) is 7.29. The molecule has 2 amide bonds. The Balaban J connectivity index is 1.92. The molecule has 7 nitrogen and oxygen atoms in total. The van der Waals surface area contributed by atoms with Crippen LogP contribution < -0.4 is 10.0 Å². The summed E-state index contributed by atoms with van der Waals surface area (Å²) in [5.41, 5.74) is 1.17. The molecule has 146 valence electrons. The summed E-state index contributed by atoms with van der Waals surface area (Å²) < 4.78 is 28.2. The molecule has 0 spiro atoms. The molecule has 0 radical (unpaired) electrons. The molecule has 8 heteroatoms. The number of rotatable bonds is 7. The van der Waals surface area contributed by atoms with Gasteiger partial charge in [0, 0.05) is 39.8 Å². The van der Waals surface area contributed by atoms with Crippen LogP contribution >= 0.6 is 0 Å². The van der Waals surface area contributed by atoms with E-state index in [0.29, 0.717) is 19.6 Å². The van der Waals surface area contributed by atoms with Crippen molar-refractivity contribution in [3.8, 4) is 0 Å². The molecule has 0 aliphatic carbocycles. The normalized spacial score (nSPS) is 20.8.